The van der Waals surface area contributed by atoms with Gasteiger partial charge in [-0.1, -0.05) is 6.07 Å². The fraction of sp³-hybridized carbons (Fsp3) is 0.500. The zero-order valence-electron chi connectivity index (χ0n) is 8.79. The van der Waals surface area contributed by atoms with Crippen molar-refractivity contribution < 1.29 is 0 Å². The number of hydrogen-bond acceptors (Lipinski definition) is 2. The second-order valence-corrected chi connectivity index (χ2v) is 4.18. The lowest BCUT2D eigenvalue weighted by Gasteiger charge is -2.21. The Kier molecular flexibility index (Phi) is 2.73. The lowest BCUT2D eigenvalue weighted by molar-refractivity contribution is 0.327. The maximum absolute atomic E-state index is 5.79. The first-order chi connectivity index (χ1) is 6.75. The second-order valence-electron chi connectivity index (χ2n) is 4.18. The van der Waals surface area contributed by atoms with Crippen LogP contribution in [0.2, 0.25) is 0 Å². The van der Waals surface area contributed by atoms with Crippen LogP contribution in [0, 0.1) is 0 Å². The molecule has 0 saturated carbocycles. The van der Waals surface area contributed by atoms with E-state index in [1.807, 2.05) is 6.07 Å². The topological polar surface area (TPSA) is 29.3 Å². The third kappa shape index (κ3) is 2.07. The first-order valence-electron chi connectivity index (χ1n) is 5.31. The van der Waals surface area contributed by atoms with Gasteiger partial charge >= 0.3 is 0 Å². The average Bonchev–Trinajstić information content (AvgIpc) is 2.13. The maximum atomic E-state index is 5.79. The molecule has 1 heterocycles. The summed E-state index contributed by atoms with van der Waals surface area (Å²) in [7, 11) is 2.20. The molecule has 2 N–H and O–H groups in total. The highest BCUT2D eigenvalue weighted by molar-refractivity contribution is 5.45. The van der Waals surface area contributed by atoms with E-state index in [2.05, 4.69) is 24.1 Å². The number of rotatable bonds is 0. The van der Waals surface area contributed by atoms with Gasteiger partial charge < -0.3 is 10.6 Å². The Hall–Kier alpha value is -1.02. The van der Waals surface area contributed by atoms with Crippen molar-refractivity contribution in [2.24, 2.45) is 0 Å². The van der Waals surface area contributed by atoms with Crippen molar-refractivity contribution in [1.82, 2.24) is 4.90 Å². The molecule has 2 nitrogen and oxygen atoms in total. The summed E-state index contributed by atoms with van der Waals surface area (Å²) < 4.78 is 0. The van der Waals surface area contributed by atoms with Crippen LogP contribution in [0.15, 0.2) is 18.2 Å². The Balaban J connectivity index is 2.24. The molecule has 0 radical (unpaired) electrons. The van der Waals surface area contributed by atoms with Gasteiger partial charge in [-0.05, 0) is 56.1 Å². The van der Waals surface area contributed by atoms with E-state index in [0.29, 0.717) is 0 Å². The van der Waals surface area contributed by atoms with E-state index in [1.165, 1.54) is 30.5 Å². The maximum Gasteiger partial charge on any atom is 0.0316 e. The summed E-state index contributed by atoms with van der Waals surface area (Å²) in [6.45, 7) is 2.37. The molecule has 1 aliphatic rings. The van der Waals surface area contributed by atoms with Crippen LogP contribution in [0.1, 0.15) is 17.5 Å². The number of hydrogen-bond donors (Lipinski definition) is 1. The minimum absolute atomic E-state index is 0.901. The van der Waals surface area contributed by atoms with Crippen molar-refractivity contribution in [2.45, 2.75) is 19.3 Å². The Morgan fingerprint density at radius 3 is 2.86 bits per heavy atom. The van der Waals surface area contributed by atoms with Gasteiger partial charge in [0.2, 0.25) is 0 Å². The molecule has 2 rings (SSSR count). The van der Waals surface area contributed by atoms with Gasteiger partial charge in [0.25, 0.3) is 0 Å². The quantitative estimate of drug-likeness (QED) is 0.631. The van der Waals surface area contributed by atoms with Crippen LogP contribution in [0.4, 0.5) is 5.69 Å². The summed E-state index contributed by atoms with van der Waals surface area (Å²) in [6.07, 6.45) is 3.57. The molecule has 0 spiro atoms. The summed E-state index contributed by atoms with van der Waals surface area (Å²) >= 11 is 0. The van der Waals surface area contributed by atoms with Crippen molar-refractivity contribution in [1.29, 1.82) is 0 Å². The van der Waals surface area contributed by atoms with Gasteiger partial charge in [0.15, 0.2) is 0 Å². The molecule has 0 unspecified atom stereocenters. The Labute approximate surface area is 85.7 Å². The fourth-order valence-electron chi connectivity index (χ4n) is 2.09. The van der Waals surface area contributed by atoms with Crippen LogP contribution in [0.25, 0.3) is 0 Å². The second kappa shape index (κ2) is 4.01. The summed E-state index contributed by atoms with van der Waals surface area (Å²) in [6, 6.07) is 6.34. The number of anilines is 1. The first-order valence-corrected chi connectivity index (χ1v) is 5.31. The van der Waals surface area contributed by atoms with Gasteiger partial charge in [0, 0.05) is 12.2 Å². The molecule has 0 atom stereocenters. The van der Waals surface area contributed by atoms with E-state index in [-0.39, 0.29) is 0 Å². The average molecular weight is 190 g/mol. The molecule has 2 heteroatoms. The smallest absolute Gasteiger partial charge is 0.0316 e. The van der Waals surface area contributed by atoms with Gasteiger partial charge in [-0.25, -0.2) is 0 Å². The number of likely N-dealkylation sites (N-methyl/N-ethyl adjacent to an activating group) is 1. The molecule has 14 heavy (non-hydrogen) atoms. The molecule has 0 amide bonds. The van der Waals surface area contributed by atoms with E-state index in [4.69, 9.17) is 5.73 Å². The number of nitrogen functional groups attached to an aromatic ring is 1. The lowest BCUT2D eigenvalue weighted by atomic mass is 9.98. The van der Waals surface area contributed by atoms with Crippen LogP contribution >= 0.6 is 0 Å². The van der Waals surface area contributed by atoms with Crippen molar-refractivity contribution in [3.63, 3.8) is 0 Å². The van der Waals surface area contributed by atoms with Crippen LogP contribution in [-0.4, -0.2) is 25.0 Å². The van der Waals surface area contributed by atoms with Crippen LogP contribution in [0.5, 0.6) is 0 Å². The predicted octanol–water partition coefficient (Wildman–Crippen LogP) is 1.69. The normalized spacial score (nSPS) is 18.4. The predicted molar refractivity (Wildman–Crippen MR) is 60.4 cm³/mol. The van der Waals surface area contributed by atoms with Gasteiger partial charge in [0.05, 0.1) is 0 Å². The van der Waals surface area contributed by atoms with Crippen LogP contribution in [0.3, 0.4) is 0 Å². The highest BCUT2D eigenvalue weighted by Gasteiger charge is 2.09. The molecular formula is C12H18N2. The number of benzene rings is 1. The van der Waals surface area contributed by atoms with Crippen molar-refractivity contribution in [3.05, 3.63) is 29.3 Å². The van der Waals surface area contributed by atoms with E-state index in [9.17, 15) is 0 Å². The summed E-state index contributed by atoms with van der Waals surface area (Å²) in [5.74, 6) is 0. The third-order valence-electron chi connectivity index (χ3n) is 2.98. The molecule has 1 aliphatic heterocycles. The number of nitrogens with zero attached hydrogens (tertiary/aromatic N) is 1. The third-order valence-corrected chi connectivity index (χ3v) is 2.98. The van der Waals surface area contributed by atoms with E-state index >= 15 is 0 Å². The fourth-order valence-corrected chi connectivity index (χ4v) is 2.09. The number of fused-ring (bicyclic) bond motifs is 1. The molecule has 0 aliphatic carbocycles. The molecule has 0 fully saturated rings. The lowest BCUT2D eigenvalue weighted by Crippen LogP contribution is -2.25. The van der Waals surface area contributed by atoms with Gasteiger partial charge in [-0.2, -0.15) is 0 Å². The zero-order chi connectivity index (χ0) is 9.97. The van der Waals surface area contributed by atoms with Gasteiger partial charge in [0.1, 0.15) is 0 Å². The van der Waals surface area contributed by atoms with Crippen LogP contribution in [-0.2, 0) is 12.8 Å². The van der Waals surface area contributed by atoms with Crippen molar-refractivity contribution >= 4 is 5.69 Å². The zero-order valence-corrected chi connectivity index (χ0v) is 8.79. The molecule has 1 aromatic carbocycles. The molecular weight excluding hydrogens is 172 g/mol. The van der Waals surface area contributed by atoms with E-state index in [1.54, 1.807) is 0 Å². The summed E-state index contributed by atoms with van der Waals surface area (Å²) in [5, 5.41) is 0. The molecule has 76 valence electrons. The minimum atomic E-state index is 0.901. The Morgan fingerprint density at radius 1 is 1.14 bits per heavy atom. The largest absolute Gasteiger partial charge is 0.399 e. The summed E-state index contributed by atoms with van der Waals surface area (Å²) in [4.78, 5) is 2.40. The van der Waals surface area contributed by atoms with Gasteiger partial charge in [-0.3, -0.25) is 0 Å². The molecule has 0 bridgehead atoms. The van der Waals surface area contributed by atoms with Crippen LogP contribution < -0.4 is 5.73 Å². The van der Waals surface area contributed by atoms with Crippen molar-refractivity contribution in [2.75, 3.05) is 25.9 Å². The standard InChI is InChI=1S/C12H18N2/c1-14-7-2-3-11-9-12(13)5-4-10(11)6-8-14/h4-5,9H,2-3,6-8,13H2,1H3. The first kappa shape index (κ1) is 9.53. The highest BCUT2D eigenvalue weighted by atomic mass is 15.1. The highest BCUT2D eigenvalue weighted by Crippen LogP contribution is 2.18. The molecule has 1 aromatic rings. The van der Waals surface area contributed by atoms with E-state index < -0.39 is 0 Å². The number of nitrogens with two attached hydrogens (primary N) is 1. The monoisotopic (exact) mass is 190 g/mol. The number of aryl methyl sites for hydroxylation is 1. The minimum Gasteiger partial charge on any atom is -0.399 e. The SMILES string of the molecule is CN1CCCc2cc(N)ccc2CC1. The van der Waals surface area contributed by atoms with Gasteiger partial charge in [-0.15, -0.1) is 0 Å². The Bertz CT molecular complexity index is 320. The van der Waals surface area contributed by atoms with E-state index in [0.717, 1.165) is 18.7 Å². The summed E-state index contributed by atoms with van der Waals surface area (Å²) in [5.41, 5.74) is 9.62. The molecule has 0 saturated heterocycles. The Morgan fingerprint density at radius 2 is 2.00 bits per heavy atom. The van der Waals surface area contributed by atoms with Crippen molar-refractivity contribution in [3.8, 4) is 0 Å². The molecule has 0 aromatic heterocycles.